The number of aromatic nitrogens is 3. The van der Waals surface area contributed by atoms with Gasteiger partial charge in [0, 0.05) is 18.3 Å². The van der Waals surface area contributed by atoms with Crippen molar-refractivity contribution >= 4 is 11.9 Å². The number of carboxylic acids is 1. The molecule has 2 aromatic rings. The normalized spacial score (nSPS) is 14.6. The van der Waals surface area contributed by atoms with Crippen LogP contribution in [0.1, 0.15) is 24.1 Å². The van der Waals surface area contributed by atoms with E-state index in [1.54, 1.807) is 24.4 Å². The van der Waals surface area contributed by atoms with E-state index in [-0.39, 0.29) is 30.5 Å². The first-order valence-electron chi connectivity index (χ1n) is 9.31. The second-order valence-electron chi connectivity index (χ2n) is 7.07. The minimum Gasteiger partial charge on any atom is -0.480 e. The van der Waals surface area contributed by atoms with Gasteiger partial charge in [-0.15, -0.1) is 5.10 Å². The van der Waals surface area contributed by atoms with Crippen LogP contribution in [0.5, 0.6) is 5.75 Å². The Kier molecular flexibility index (Phi) is 6.73. The van der Waals surface area contributed by atoms with Crippen molar-refractivity contribution in [2.45, 2.75) is 38.8 Å². The molecule has 0 spiro atoms. The molecule has 0 radical (unpaired) electrons. The molecule has 1 fully saturated rings. The topological polar surface area (TPSA) is 106 Å². The fraction of sp³-hybridized carbons (Fsp3) is 0.474. The van der Waals surface area contributed by atoms with Gasteiger partial charge in [-0.05, 0) is 37.2 Å². The Labute approximate surface area is 165 Å². The summed E-state index contributed by atoms with van der Waals surface area (Å²) in [5, 5.41) is 19.5. The first kappa shape index (κ1) is 20.7. The van der Waals surface area contributed by atoms with E-state index in [2.05, 4.69) is 20.4 Å². The zero-order valence-electron chi connectivity index (χ0n) is 15.6. The number of alkyl halides is 2. The Bertz CT molecular complexity index is 854. The molecule has 29 heavy (non-hydrogen) atoms. The number of carboxylic acid groups (broad SMARTS) is 1. The van der Waals surface area contributed by atoms with Crippen LogP contribution in [0.2, 0.25) is 0 Å². The second kappa shape index (κ2) is 9.44. The molecule has 1 amide bonds. The highest BCUT2D eigenvalue weighted by atomic mass is 19.3. The van der Waals surface area contributed by atoms with Crippen LogP contribution < -0.4 is 10.1 Å². The van der Waals surface area contributed by atoms with Crippen molar-refractivity contribution in [1.82, 2.24) is 20.3 Å². The lowest BCUT2D eigenvalue weighted by atomic mass is 9.98. The molecule has 1 aliphatic carbocycles. The maximum Gasteiger partial charge on any atom is 0.387 e. The Morgan fingerprint density at radius 3 is 2.76 bits per heavy atom. The van der Waals surface area contributed by atoms with Gasteiger partial charge in [0.05, 0.1) is 12.1 Å². The highest BCUT2D eigenvalue weighted by molar-refractivity contribution is 5.79. The van der Waals surface area contributed by atoms with Crippen LogP contribution in [0.4, 0.5) is 8.78 Å². The molecule has 3 rings (SSSR count). The monoisotopic (exact) mass is 408 g/mol. The molecule has 1 unspecified atom stereocenters. The third-order valence-corrected chi connectivity index (χ3v) is 4.74. The van der Waals surface area contributed by atoms with Crippen LogP contribution in [0.3, 0.4) is 0 Å². The zero-order chi connectivity index (χ0) is 20.8. The number of aliphatic carboxylic acids is 1. The lowest BCUT2D eigenvalue weighted by Gasteiger charge is -2.16. The molecule has 1 heterocycles. The predicted octanol–water partition coefficient (Wildman–Crippen LogP) is 1.89. The van der Waals surface area contributed by atoms with Gasteiger partial charge in [-0.2, -0.15) is 8.78 Å². The van der Waals surface area contributed by atoms with Crippen molar-refractivity contribution in [3.05, 3.63) is 41.7 Å². The van der Waals surface area contributed by atoms with Gasteiger partial charge in [-0.3, -0.25) is 9.59 Å². The summed E-state index contributed by atoms with van der Waals surface area (Å²) in [5.41, 5.74) is 1.07. The largest absolute Gasteiger partial charge is 0.480 e. The van der Waals surface area contributed by atoms with E-state index in [1.165, 1.54) is 10.7 Å². The average molecular weight is 408 g/mol. The molecule has 10 heteroatoms. The number of ether oxygens (including phenoxy) is 1. The van der Waals surface area contributed by atoms with Crippen molar-refractivity contribution in [3.8, 4) is 5.75 Å². The van der Waals surface area contributed by atoms with Crippen LogP contribution in [0, 0.1) is 11.8 Å². The number of nitrogens with one attached hydrogen (secondary N) is 1. The number of carbonyl (C=O) groups is 2. The van der Waals surface area contributed by atoms with Crippen molar-refractivity contribution in [2.24, 2.45) is 11.8 Å². The third-order valence-electron chi connectivity index (χ3n) is 4.74. The molecule has 1 aromatic heterocycles. The van der Waals surface area contributed by atoms with Crippen LogP contribution in [-0.2, 0) is 29.0 Å². The van der Waals surface area contributed by atoms with Gasteiger partial charge in [-0.1, -0.05) is 23.4 Å². The summed E-state index contributed by atoms with van der Waals surface area (Å²) in [6.45, 7) is -2.78. The number of rotatable bonds is 11. The number of benzene rings is 1. The first-order valence-corrected chi connectivity index (χ1v) is 9.31. The fourth-order valence-electron chi connectivity index (χ4n) is 3.23. The lowest BCUT2D eigenvalue weighted by Crippen LogP contribution is -2.32. The molecule has 0 aliphatic heterocycles. The average Bonchev–Trinajstić information content (AvgIpc) is 3.40. The molecule has 1 saturated carbocycles. The van der Waals surface area contributed by atoms with E-state index in [4.69, 9.17) is 5.11 Å². The van der Waals surface area contributed by atoms with Crippen molar-refractivity contribution in [1.29, 1.82) is 0 Å². The smallest absolute Gasteiger partial charge is 0.387 e. The molecule has 0 bridgehead atoms. The first-order chi connectivity index (χ1) is 13.9. The van der Waals surface area contributed by atoms with E-state index in [0.717, 1.165) is 12.8 Å². The summed E-state index contributed by atoms with van der Waals surface area (Å²) < 4.78 is 30.7. The Morgan fingerprint density at radius 2 is 2.07 bits per heavy atom. The molecule has 156 valence electrons. The summed E-state index contributed by atoms with van der Waals surface area (Å²) in [7, 11) is 0. The molecule has 8 nitrogen and oxygen atoms in total. The van der Waals surface area contributed by atoms with E-state index >= 15 is 0 Å². The summed E-state index contributed by atoms with van der Waals surface area (Å²) >= 11 is 0. The van der Waals surface area contributed by atoms with E-state index in [9.17, 15) is 18.4 Å². The highest BCUT2D eigenvalue weighted by Crippen LogP contribution is 2.38. The van der Waals surface area contributed by atoms with E-state index in [0.29, 0.717) is 30.1 Å². The van der Waals surface area contributed by atoms with Gasteiger partial charge < -0.3 is 15.2 Å². The van der Waals surface area contributed by atoms with Gasteiger partial charge in [0.15, 0.2) is 0 Å². The van der Waals surface area contributed by atoms with Gasteiger partial charge in [0.1, 0.15) is 12.3 Å². The number of carbonyl (C=O) groups excluding carboxylic acids is 1. The molecule has 2 N–H and O–H groups in total. The van der Waals surface area contributed by atoms with Gasteiger partial charge >= 0.3 is 12.6 Å². The predicted molar refractivity (Wildman–Crippen MR) is 97.4 cm³/mol. The molecule has 1 aliphatic rings. The Balaban J connectivity index is 1.54. The van der Waals surface area contributed by atoms with Crippen LogP contribution in [0.15, 0.2) is 30.5 Å². The minimum atomic E-state index is -2.95. The summed E-state index contributed by atoms with van der Waals surface area (Å²) in [4.78, 5) is 23.1. The molecule has 0 saturated heterocycles. The van der Waals surface area contributed by atoms with Gasteiger partial charge in [0.25, 0.3) is 0 Å². The minimum absolute atomic E-state index is 0.00793. The number of hydrogen-bond acceptors (Lipinski definition) is 5. The van der Waals surface area contributed by atoms with E-state index < -0.39 is 12.6 Å². The number of nitrogens with zero attached hydrogens (tertiary/aromatic N) is 3. The molecule has 1 atom stereocenters. The maximum absolute atomic E-state index is 12.5. The molecular weight excluding hydrogens is 386 g/mol. The number of halogens is 2. The SMILES string of the molecule is O=C(O)Cn1cc(CC(CNC(=O)Cc2ccccc2OC(F)F)C2CC2)nn1. The number of para-hydroxylation sites is 1. The zero-order valence-corrected chi connectivity index (χ0v) is 15.6. The molecule has 1 aromatic carbocycles. The lowest BCUT2D eigenvalue weighted by molar-refractivity contribution is -0.138. The Hall–Kier alpha value is -3.04. The third kappa shape index (κ3) is 6.51. The van der Waals surface area contributed by atoms with Crippen molar-refractivity contribution in [3.63, 3.8) is 0 Å². The van der Waals surface area contributed by atoms with Crippen molar-refractivity contribution in [2.75, 3.05) is 6.54 Å². The number of hydrogen-bond donors (Lipinski definition) is 2. The second-order valence-corrected chi connectivity index (χ2v) is 7.07. The summed E-state index contributed by atoms with van der Waals surface area (Å²) in [6.07, 6.45) is 4.25. The van der Waals surface area contributed by atoms with Crippen molar-refractivity contribution < 1.29 is 28.2 Å². The maximum atomic E-state index is 12.5. The van der Waals surface area contributed by atoms with E-state index in [1.807, 2.05) is 0 Å². The van der Waals surface area contributed by atoms with Crippen LogP contribution in [-0.4, -0.2) is 45.1 Å². The van der Waals surface area contributed by atoms with Gasteiger partial charge in [-0.25, -0.2) is 4.68 Å². The fourth-order valence-corrected chi connectivity index (χ4v) is 3.23. The highest BCUT2D eigenvalue weighted by Gasteiger charge is 2.32. The van der Waals surface area contributed by atoms with Gasteiger partial charge in [0.2, 0.25) is 5.91 Å². The molecular formula is C19H22F2N4O4. The Morgan fingerprint density at radius 1 is 1.31 bits per heavy atom. The summed E-state index contributed by atoms with van der Waals surface area (Å²) in [5.74, 6) is -0.665. The van der Waals surface area contributed by atoms with Crippen LogP contribution >= 0.6 is 0 Å². The standard InChI is InChI=1S/C19H22F2N4O4/c20-19(21)29-16-4-2-1-3-13(16)8-17(26)22-9-14(12-5-6-12)7-15-10-25(24-23-15)11-18(27)28/h1-4,10,12,14,19H,5-9,11H2,(H,22,26)(H,27,28). The quantitative estimate of drug-likeness (QED) is 0.588. The summed E-state index contributed by atoms with van der Waals surface area (Å²) in [6, 6.07) is 6.22. The number of amides is 1. The van der Waals surface area contributed by atoms with Crippen LogP contribution in [0.25, 0.3) is 0 Å².